The molecule has 2 aromatic heterocycles. The third-order valence-electron chi connectivity index (χ3n) is 3.57. The minimum Gasteiger partial charge on any atom is -0.335 e. The second-order valence-corrected chi connectivity index (χ2v) is 6.73. The number of aliphatic imine (C=N–C) groups is 1. The molecule has 6 heteroatoms. The van der Waals surface area contributed by atoms with Crippen molar-refractivity contribution < 1.29 is 4.39 Å². The van der Waals surface area contributed by atoms with Crippen molar-refractivity contribution in [2.75, 3.05) is 0 Å². The first-order valence-corrected chi connectivity index (χ1v) is 7.91. The monoisotopic (exact) mass is 323 g/mol. The Morgan fingerprint density at radius 1 is 1.43 bits per heavy atom. The molecule has 1 atom stereocenters. The highest BCUT2D eigenvalue weighted by Gasteiger charge is 2.26. The Hall–Kier alpha value is -1.46. The molecule has 0 spiro atoms. The van der Waals surface area contributed by atoms with E-state index in [0.717, 1.165) is 20.7 Å². The van der Waals surface area contributed by atoms with Crippen LogP contribution in [0.3, 0.4) is 0 Å². The van der Waals surface area contributed by atoms with Crippen LogP contribution < -0.4 is 5.32 Å². The molecule has 1 aliphatic heterocycles. The molecule has 0 fully saturated rings. The zero-order chi connectivity index (χ0) is 15.1. The first-order chi connectivity index (χ1) is 9.99. The molecule has 3 heterocycles. The van der Waals surface area contributed by atoms with Gasteiger partial charge in [-0.15, -0.1) is 11.3 Å². The Morgan fingerprint density at radius 2 is 2.19 bits per heavy atom. The summed E-state index contributed by atoms with van der Waals surface area (Å²) in [6.45, 7) is 6.25. The highest BCUT2D eigenvalue weighted by atomic mass is 35.5. The van der Waals surface area contributed by atoms with Crippen LogP contribution in [0.2, 0.25) is 0 Å². The molecule has 21 heavy (non-hydrogen) atoms. The number of fused-ring (bicyclic) bond motifs is 1. The molecule has 0 radical (unpaired) electrons. The van der Waals surface area contributed by atoms with Gasteiger partial charge in [-0.1, -0.05) is 13.8 Å². The summed E-state index contributed by atoms with van der Waals surface area (Å²) in [5, 5.41) is 2.79. The second kappa shape index (κ2) is 5.39. The lowest BCUT2D eigenvalue weighted by Gasteiger charge is -2.15. The van der Waals surface area contributed by atoms with Crippen LogP contribution in [0.1, 0.15) is 41.8 Å². The van der Waals surface area contributed by atoms with E-state index in [1.807, 2.05) is 19.2 Å². The lowest BCUT2D eigenvalue weighted by Crippen LogP contribution is -2.18. The van der Waals surface area contributed by atoms with Gasteiger partial charge in [0.05, 0.1) is 10.2 Å². The SMILES string of the molecule is Cc1c(C2N=C(Cl)NC=C2F)sc2c(C(C)C)ccnc12. The average molecular weight is 324 g/mol. The average Bonchev–Trinajstić information content (AvgIpc) is 2.79. The first-order valence-electron chi connectivity index (χ1n) is 6.72. The predicted octanol–water partition coefficient (Wildman–Crippen LogP) is 4.78. The van der Waals surface area contributed by atoms with E-state index in [2.05, 4.69) is 29.1 Å². The van der Waals surface area contributed by atoms with Crippen LogP contribution in [0, 0.1) is 6.92 Å². The van der Waals surface area contributed by atoms with Gasteiger partial charge in [-0.25, -0.2) is 9.38 Å². The topological polar surface area (TPSA) is 37.3 Å². The van der Waals surface area contributed by atoms with Crippen LogP contribution in [0.15, 0.2) is 29.3 Å². The van der Waals surface area contributed by atoms with Crippen molar-refractivity contribution in [2.24, 2.45) is 4.99 Å². The summed E-state index contributed by atoms with van der Waals surface area (Å²) in [4.78, 5) is 9.49. The molecular formula is C15H15ClFN3S. The van der Waals surface area contributed by atoms with E-state index in [1.165, 1.54) is 11.8 Å². The zero-order valence-corrected chi connectivity index (χ0v) is 13.5. The summed E-state index contributed by atoms with van der Waals surface area (Å²) in [6.07, 6.45) is 3.08. The maximum absolute atomic E-state index is 14.1. The maximum atomic E-state index is 14.1. The van der Waals surface area contributed by atoms with E-state index >= 15 is 0 Å². The third kappa shape index (κ3) is 2.45. The third-order valence-corrected chi connectivity index (χ3v) is 5.16. The summed E-state index contributed by atoms with van der Waals surface area (Å²) < 4.78 is 15.2. The fourth-order valence-electron chi connectivity index (χ4n) is 2.46. The van der Waals surface area contributed by atoms with Crippen molar-refractivity contribution in [3.05, 3.63) is 40.3 Å². The number of halogens is 2. The number of nitrogens with one attached hydrogen (secondary N) is 1. The molecule has 0 aromatic carbocycles. The van der Waals surface area contributed by atoms with Crippen LogP contribution in [0.25, 0.3) is 10.2 Å². The quantitative estimate of drug-likeness (QED) is 0.808. The molecule has 0 amide bonds. The van der Waals surface area contributed by atoms with Crippen molar-refractivity contribution in [1.29, 1.82) is 0 Å². The zero-order valence-electron chi connectivity index (χ0n) is 11.9. The van der Waals surface area contributed by atoms with Crippen LogP contribution in [-0.4, -0.2) is 10.3 Å². The number of hydrogen-bond donors (Lipinski definition) is 1. The summed E-state index contributed by atoms with van der Waals surface area (Å²) in [5.41, 5.74) is 3.13. The molecular weight excluding hydrogens is 309 g/mol. The number of amidine groups is 1. The number of rotatable bonds is 2. The van der Waals surface area contributed by atoms with Crippen molar-refractivity contribution in [3.63, 3.8) is 0 Å². The molecule has 0 saturated heterocycles. The van der Waals surface area contributed by atoms with Crippen LogP contribution in [0.5, 0.6) is 0 Å². The molecule has 0 saturated carbocycles. The smallest absolute Gasteiger partial charge is 0.196 e. The van der Waals surface area contributed by atoms with E-state index in [1.54, 1.807) is 11.3 Å². The second-order valence-electron chi connectivity index (χ2n) is 5.32. The number of thiophene rings is 1. The largest absolute Gasteiger partial charge is 0.335 e. The fourth-order valence-corrected chi connectivity index (χ4v) is 4.08. The van der Waals surface area contributed by atoms with Crippen molar-refractivity contribution in [3.8, 4) is 0 Å². The summed E-state index contributed by atoms with van der Waals surface area (Å²) in [6, 6.07) is 1.36. The standard InChI is InChI=1S/C15H15ClFN3S/c1-7(2)9-4-5-18-11-8(3)13(21-14(9)11)12-10(17)6-19-15(16)20-12/h4-7,12H,1-3H3,(H,19,20). The fraction of sp³-hybridized carbons (Fsp3) is 0.333. The van der Waals surface area contributed by atoms with Crippen molar-refractivity contribution >= 4 is 38.4 Å². The van der Waals surface area contributed by atoms with Crippen LogP contribution >= 0.6 is 22.9 Å². The number of aromatic nitrogens is 1. The van der Waals surface area contributed by atoms with Crippen LogP contribution in [-0.2, 0) is 0 Å². The summed E-state index contributed by atoms with van der Waals surface area (Å²) in [7, 11) is 0. The van der Waals surface area contributed by atoms with Gasteiger partial charge < -0.3 is 5.32 Å². The molecule has 0 bridgehead atoms. The molecule has 0 aliphatic carbocycles. The minimum absolute atomic E-state index is 0.204. The lowest BCUT2D eigenvalue weighted by atomic mass is 10.0. The normalized spacial score (nSPS) is 18.7. The molecule has 2 aromatic rings. The van der Waals surface area contributed by atoms with Gasteiger partial charge in [0.2, 0.25) is 0 Å². The van der Waals surface area contributed by atoms with Gasteiger partial charge in [0.15, 0.2) is 5.29 Å². The first kappa shape index (κ1) is 14.5. The Balaban J connectivity index is 2.21. The Kier molecular flexibility index (Phi) is 3.71. The number of hydrogen-bond acceptors (Lipinski definition) is 4. The Labute approximate surface area is 131 Å². The maximum Gasteiger partial charge on any atom is 0.196 e. The summed E-state index contributed by atoms with van der Waals surface area (Å²) >= 11 is 7.43. The van der Waals surface area contributed by atoms with Gasteiger partial charge in [0, 0.05) is 17.3 Å². The number of aryl methyl sites for hydroxylation is 1. The minimum atomic E-state index is -0.669. The van der Waals surface area contributed by atoms with Crippen LogP contribution in [0.4, 0.5) is 4.39 Å². The van der Waals surface area contributed by atoms with Crippen molar-refractivity contribution in [1.82, 2.24) is 10.3 Å². The molecule has 110 valence electrons. The van der Waals surface area contributed by atoms with E-state index in [0.29, 0.717) is 5.92 Å². The van der Waals surface area contributed by atoms with Gasteiger partial charge in [0.1, 0.15) is 11.9 Å². The highest BCUT2D eigenvalue weighted by Crippen LogP contribution is 2.42. The highest BCUT2D eigenvalue weighted by molar-refractivity contribution is 7.19. The van der Waals surface area contributed by atoms with Crippen molar-refractivity contribution in [2.45, 2.75) is 32.7 Å². The molecule has 3 nitrogen and oxygen atoms in total. The van der Waals surface area contributed by atoms with Gasteiger partial charge in [0.25, 0.3) is 0 Å². The van der Waals surface area contributed by atoms with Gasteiger partial charge in [-0.05, 0) is 41.6 Å². The molecule has 1 unspecified atom stereocenters. The van der Waals surface area contributed by atoms with E-state index in [9.17, 15) is 4.39 Å². The number of nitrogens with zero attached hydrogens (tertiary/aromatic N) is 2. The Morgan fingerprint density at radius 3 is 2.90 bits per heavy atom. The predicted molar refractivity (Wildman–Crippen MR) is 86.8 cm³/mol. The van der Waals surface area contributed by atoms with E-state index in [-0.39, 0.29) is 11.1 Å². The Bertz CT molecular complexity index is 764. The molecule has 3 rings (SSSR count). The van der Waals surface area contributed by atoms with Gasteiger partial charge >= 0.3 is 0 Å². The summed E-state index contributed by atoms with van der Waals surface area (Å²) in [5.74, 6) is 0.0575. The van der Waals surface area contributed by atoms with Gasteiger partial charge in [-0.2, -0.15) is 0 Å². The lowest BCUT2D eigenvalue weighted by molar-refractivity contribution is 0.545. The van der Waals surface area contributed by atoms with Gasteiger partial charge in [-0.3, -0.25) is 4.98 Å². The molecule has 1 N–H and O–H groups in total. The molecule has 1 aliphatic rings. The van der Waals surface area contributed by atoms with E-state index < -0.39 is 6.04 Å². The number of pyridine rings is 1. The van der Waals surface area contributed by atoms with E-state index in [4.69, 9.17) is 11.6 Å².